The predicted molar refractivity (Wildman–Crippen MR) is 132 cm³/mol. The van der Waals surface area contributed by atoms with Crippen molar-refractivity contribution in [2.45, 2.75) is 13.3 Å². The molecule has 0 heterocycles. The first-order valence-corrected chi connectivity index (χ1v) is 10.4. The molecule has 0 aliphatic rings. The lowest BCUT2D eigenvalue weighted by Gasteiger charge is -2.11. The highest BCUT2D eigenvalue weighted by Crippen LogP contribution is 2.21. The van der Waals surface area contributed by atoms with Gasteiger partial charge in [0.15, 0.2) is 0 Å². The number of hydrogen-bond donors (Lipinski definition) is 4. The van der Waals surface area contributed by atoms with Gasteiger partial charge < -0.3 is 15.7 Å². The van der Waals surface area contributed by atoms with E-state index in [1.807, 2.05) is 19.1 Å². The normalized spacial score (nSPS) is 10.5. The van der Waals surface area contributed by atoms with Gasteiger partial charge in [0.2, 0.25) is 0 Å². The van der Waals surface area contributed by atoms with Crippen molar-refractivity contribution in [3.05, 3.63) is 102 Å². The van der Waals surface area contributed by atoms with Crippen LogP contribution in [0.1, 0.15) is 27.0 Å². The fraction of sp³-hybridized carbons (Fsp3) is 0.0769. The van der Waals surface area contributed by atoms with Crippen molar-refractivity contribution in [1.82, 2.24) is 5.43 Å². The van der Waals surface area contributed by atoms with Crippen LogP contribution >= 0.6 is 0 Å². The molecule has 0 unspecified atom stereocenters. The molecule has 0 spiro atoms. The van der Waals surface area contributed by atoms with E-state index >= 15 is 0 Å². The van der Waals surface area contributed by atoms with Crippen LogP contribution in [0.2, 0.25) is 0 Å². The molecule has 0 aromatic heterocycles. The number of hydrazone groups is 1. The summed E-state index contributed by atoms with van der Waals surface area (Å²) in [6.45, 7) is 5.57. The molecular weight excluding hydrogens is 432 g/mol. The zero-order valence-electron chi connectivity index (χ0n) is 18.5. The zero-order chi connectivity index (χ0) is 24.5. The van der Waals surface area contributed by atoms with E-state index in [1.54, 1.807) is 48.5 Å². The minimum Gasteiger partial charge on any atom is -0.507 e. The van der Waals surface area contributed by atoms with Gasteiger partial charge in [0.25, 0.3) is 5.91 Å². The molecule has 172 valence electrons. The number of phenols is 1. The Morgan fingerprint density at radius 1 is 0.941 bits per heavy atom. The molecule has 0 atom stereocenters. The summed E-state index contributed by atoms with van der Waals surface area (Å²) in [5, 5.41) is 19.1. The summed E-state index contributed by atoms with van der Waals surface area (Å²) >= 11 is 0. The highest BCUT2D eigenvalue weighted by atomic mass is 16.3. The van der Waals surface area contributed by atoms with Crippen LogP contribution in [-0.4, -0.2) is 29.0 Å². The molecule has 0 bridgehead atoms. The Labute approximate surface area is 197 Å². The lowest BCUT2D eigenvalue weighted by molar-refractivity contribution is -0.136. The van der Waals surface area contributed by atoms with Gasteiger partial charge in [-0.1, -0.05) is 48.0 Å². The molecule has 8 nitrogen and oxygen atoms in total. The molecule has 34 heavy (non-hydrogen) atoms. The molecule has 0 aliphatic carbocycles. The summed E-state index contributed by atoms with van der Waals surface area (Å²) in [5.74, 6) is -2.46. The Kier molecular flexibility index (Phi) is 7.91. The number of rotatable bonds is 7. The number of aryl methyl sites for hydroxylation is 1. The van der Waals surface area contributed by atoms with Crippen LogP contribution in [0.15, 0.2) is 84.5 Å². The molecule has 0 saturated carbocycles. The topological polar surface area (TPSA) is 120 Å². The maximum atomic E-state index is 12.7. The van der Waals surface area contributed by atoms with Crippen LogP contribution in [0.4, 0.5) is 11.4 Å². The van der Waals surface area contributed by atoms with Crippen LogP contribution in [-0.2, 0) is 16.0 Å². The molecule has 0 aliphatic heterocycles. The lowest BCUT2D eigenvalue weighted by atomic mass is 10.1. The third-order valence-corrected chi connectivity index (χ3v) is 4.82. The first-order chi connectivity index (χ1) is 16.4. The molecule has 0 saturated heterocycles. The minimum atomic E-state index is -1.04. The average molecular weight is 457 g/mol. The van der Waals surface area contributed by atoms with E-state index < -0.39 is 17.7 Å². The number of para-hydroxylation sites is 2. The van der Waals surface area contributed by atoms with E-state index in [9.17, 15) is 19.5 Å². The van der Waals surface area contributed by atoms with E-state index in [-0.39, 0.29) is 17.0 Å². The van der Waals surface area contributed by atoms with Crippen molar-refractivity contribution in [3.63, 3.8) is 0 Å². The monoisotopic (exact) mass is 456 g/mol. The Bertz CT molecular complexity index is 1250. The van der Waals surface area contributed by atoms with Gasteiger partial charge >= 0.3 is 11.8 Å². The number of phenolic OH excluding ortho intramolecular Hbond substituents is 1. The number of nitrogens with one attached hydrogen (secondary N) is 3. The van der Waals surface area contributed by atoms with Crippen molar-refractivity contribution in [2.75, 3.05) is 10.6 Å². The van der Waals surface area contributed by atoms with Gasteiger partial charge in [0, 0.05) is 11.3 Å². The summed E-state index contributed by atoms with van der Waals surface area (Å²) in [5.41, 5.74) is 5.16. The summed E-state index contributed by atoms with van der Waals surface area (Å²) in [4.78, 5) is 37.2. The Balaban J connectivity index is 1.64. The van der Waals surface area contributed by atoms with Gasteiger partial charge in [-0.15, -0.1) is 6.58 Å². The molecule has 4 N–H and O–H groups in total. The van der Waals surface area contributed by atoms with Crippen molar-refractivity contribution >= 4 is 35.3 Å². The van der Waals surface area contributed by atoms with Crippen molar-refractivity contribution < 1.29 is 19.5 Å². The van der Waals surface area contributed by atoms with Gasteiger partial charge in [0.1, 0.15) is 5.75 Å². The number of anilines is 2. The number of hydrogen-bond acceptors (Lipinski definition) is 5. The summed E-state index contributed by atoms with van der Waals surface area (Å²) in [6.07, 6.45) is 3.36. The van der Waals surface area contributed by atoms with Gasteiger partial charge in [-0.25, -0.2) is 5.43 Å². The van der Waals surface area contributed by atoms with Crippen molar-refractivity contribution in [3.8, 4) is 5.75 Å². The minimum absolute atomic E-state index is 0.0124. The standard InChI is InChI=1S/C26H24N4O4/c1-3-7-18-8-6-9-19(23(18)31)16-27-30-26(34)25(33)29-22-11-5-4-10-21(22)24(32)28-20-14-12-17(2)13-15-20/h3-6,8-16,31H,1,7H2,2H3,(H,28,32)(H,29,33)(H,30,34). The SMILES string of the molecule is C=CCc1cccc(C=NNC(=O)C(=O)Nc2ccccc2C(=O)Nc2ccc(C)cc2)c1O. The van der Waals surface area contributed by atoms with Gasteiger partial charge in [-0.3, -0.25) is 14.4 Å². The molecule has 3 aromatic carbocycles. The molecule has 0 radical (unpaired) electrons. The van der Waals surface area contributed by atoms with E-state index in [4.69, 9.17) is 0 Å². The zero-order valence-corrected chi connectivity index (χ0v) is 18.5. The smallest absolute Gasteiger partial charge is 0.329 e. The third-order valence-electron chi connectivity index (χ3n) is 4.82. The Hall–Kier alpha value is -4.72. The van der Waals surface area contributed by atoms with Gasteiger partial charge in [-0.2, -0.15) is 5.10 Å². The van der Waals surface area contributed by atoms with Gasteiger partial charge in [0.05, 0.1) is 17.5 Å². The molecule has 3 rings (SSSR count). The van der Waals surface area contributed by atoms with Crippen molar-refractivity contribution in [1.29, 1.82) is 0 Å². The second kappa shape index (κ2) is 11.2. The average Bonchev–Trinajstić information content (AvgIpc) is 2.83. The van der Waals surface area contributed by atoms with Crippen LogP contribution in [0, 0.1) is 6.92 Å². The fourth-order valence-electron chi connectivity index (χ4n) is 3.05. The molecule has 8 heteroatoms. The quantitative estimate of drug-likeness (QED) is 0.187. The van der Waals surface area contributed by atoms with Crippen LogP contribution in [0.5, 0.6) is 5.75 Å². The van der Waals surface area contributed by atoms with Crippen molar-refractivity contribution in [2.24, 2.45) is 5.10 Å². The number of carbonyl (C=O) groups excluding carboxylic acids is 3. The first-order valence-electron chi connectivity index (χ1n) is 10.4. The molecule has 3 amide bonds. The summed E-state index contributed by atoms with van der Waals surface area (Å²) in [7, 11) is 0. The molecular formula is C26H24N4O4. The number of amides is 3. The van der Waals surface area contributed by atoms with Crippen LogP contribution in [0.25, 0.3) is 0 Å². The lowest BCUT2D eigenvalue weighted by Crippen LogP contribution is -2.33. The fourth-order valence-corrected chi connectivity index (χ4v) is 3.05. The predicted octanol–water partition coefficient (Wildman–Crippen LogP) is 3.77. The highest BCUT2D eigenvalue weighted by molar-refractivity contribution is 6.40. The molecule has 0 fully saturated rings. The van der Waals surface area contributed by atoms with Gasteiger partial charge in [-0.05, 0) is 49.2 Å². The van der Waals surface area contributed by atoms with E-state index in [0.29, 0.717) is 23.2 Å². The Morgan fingerprint density at radius 2 is 1.68 bits per heavy atom. The number of nitrogens with zero attached hydrogens (tertiary/aromatic N) is 1. The third kappa shape index (κ3) is 6.17. The largest absolute Gasteiger partial charge is 0.507 e. The van der Waals surface area contributed by atoms with E-state index in [0.717, 1.165) is 5.56 Å². The summed E-state index contributed by atoms with van der Waals surface area (Å²) in [6, 6.07) is 18.7. The maximum Gasteiger partial charge on any atom is 0.329 e. The number of benzene rings is 3. The second-order valence-corrected chi connectivity index (χ2v) is 7.37. The first kappa shape index (κ1) is 23.9. The number of allylic oxidation sites excluding steroid dienone is 1. The molecule has 3 aromatic rings. The van der Waals surface area contributed by atoms with E-state index in [2.05, 4.69) is 27.7 Å². The van der Waals surface area contributed by atoms with E-state index in [1.165, 1.54) is 18.3 Å². The van der Waals surface area contributed by atoms with Crippen LogP contribution < -0.4 is 16.1 Å². The highest BCUT2D eigenvalue weighted by Gasteiger charge is 2.18. The van der Waals surface area contributed by atoms with Crippen LogP contribution in [0.3, 0.4) is 0 Å². The Morgan fingerprint density at radius 3 is 2.41 bits per heavy atom. The number of carbonyl (C=O) groups is 3. The second-order valence-electron chi connectivity index (χ2n) is 7.37. The maximum absolute atomic E-state index is 12.7. The summed E-state index contributed by atoms with van der Waals surface area (Å²) < 4.78 is 0. The number of aromatic hydroxyl groups is 1.